The van der Waals surface area contributed by atoms with Crippen LogP contribution >= 0.6 is 0 Å². The molecule has 0 fully saturated rings. The number of halogens is 1. The van der Waals surface area contributed by atoms with Crippen molar-refractivity contribution in [1.29, 1.82) is 0 Å². The van der Waals surface area contributed by atoms with Gasteiger partial charge in [-0.2, -0.15) is 5.10 Å². The number of hydrogen-bond donors (Lipinski definition) is 1. The fraction of sp³-hybridized carbons (Fsp3) is 0.471. The maximum absolute atomic E-state index is 14.2. The van der Waals surface area contributed by atoms with Crippen LogP contribution in [0.25, 0.3) is 0 Å². The van der Waals surface area contributed by atoms with Gasteiger partial charge in [0.1, 0.15) is 5.82 Å². The Morgan fingerprint density at radius 2 is 2.00 bits per heavy atom. The van der Waals surface area contributed by atoms with Crippen LogP contribution in [0.15, 0.2) is 30.3 Å². The van der Waals surface area contributed by atoms with E-state index in [1.165, 1.54) is 6.07 Å². The highest BCUT2D eigenvalue weighted by Crippen LogP contribution is 2.25. The number of benzene rings is 1. The summed E-state index contributed by atoms with van der Waals surface area (Å²) in [6.45, 7) is 7.89. The minimum Gasteiger partial charge on any atom is -0.305 e. The molecule has 1 aromatic carbocycles. The number of nitrogens with one attached hydrogen (secondary N) is 1. The average molecular weight is 289 g/mol. The Morgan fingerprint density at radius 1 is 1.24 bits per heavy atom. The lowest BCUT2D eigenvalue weighted by Gasteiger charge is -2.20. The molecule has 0 aliphatic rings. The van der Waals surface area contributed by atoms with Crippen LogP contribution in [0, 0.1) is 5.82 Å². The molecular weight excluding hydrogens is 265 g/mol. The first-order chi connectivity index (χ1) is 10.2. The highest BCUT2D eigenvalue weighted by molar-refractivity contribution is 5.30. The van der Waals surface area contributed by atoms with Gasteiger partial charge >= 0.3 is 0 Å². The van der Waals surface area contributed by atoms with Crippen LogP contribution in [-0.4, -0.2) is 16.3 Å². The molecule has 0 saturated carbocycles. The van der Waals surface area contributed by atoms with Crippen LogP contribution in [0.4, 0.5) is 4.39 Å². The Labute approximate surface area is 126 Å². The van der Waals surface area contributed by atoms with Crippen molar-refractivity contribution >= 4 is 0 Å². The van der Waals surface area contributed by atoms with Gasteiger partial charge in [0, 0.05) is 12.1 Å². The zero-order chi connectivity index (χ0) is 15.2. The van der Waals surface area contributed by atoms with Gasteiger partial charge in [-0.15, -0.1) is 0 Å². The molecular formula is C17H24FN3. The predicted octanol–water partition coefficient (Wildman–Crippen LogP) is 3.69. The lowest BCUT2D eigenvalue weighted by molar-refractivity contribution is 0.505. The van der Waals surface area contributed by atoms with E-state index in [1.807, 2.05) is 16.8 Å². The minimum absolute atomic E-state index is 0.154. The van der Waals surface area contributed by atoms with Crippen LogP contribution in [-0.2, 0) is 13.0 Å². The molecule has 3 nitrogen and oxygen atoms in total. The molecule has 0 amide bonds. The van der Waals surface area contributed by atoms with E-state index >= 15 is 0 Å². The largest absolute Gasteiger partial charge is 0.305 e. The Hall–Kier alpha value is -1.68. The fourth-order valence-corrected chi connectivity index (χ4v) is 2.52. The Balaban J connectivity index is 2.45. The van der Waals surface area contributed by atoms with E-state index in [-0.39, 0.29) is 11.9 Å². The van der Waals surface area contributed by atoms with Crippen molar-refractivity contribution in [2.24, 2.45) is 0 Å². The highest BCUT2D eigenvalue weighted by Gasteiger charge is 2.21. The quantitative estimate of drug-likeness (QED) is 0.842. The maximum Gasteiger partial charge on any atom is 0.128 e. The van der Waals surface area contributed by atoms with Gasteiger partial charge < -0.3 is 5.32 Å². The van der Waals surface area contributed by atoms with Gasteiger partial charge in [0.05, 0.1) is 17.4 Å². The molecule has 1 N–H and O–H groups in total. The van der Waals surface area contributed by atoms with Gasteiger partial charge in [-0.25, -0.2) is 4.39 Å². The lowest BCUT2D eigenvalue weighted by Crippen LogP contribution is -2.26. The van der Waals surface area contributed by atoms with Gasteiger partial charge in [0.25, 0.3) is 0 Å². The number of aromatic nitrogens is 2. The Morgan fingerprint density at radius 3 is 2.62 bits per heavy atom. The van der Waals surface area contributed by atoms with E-state index in [0.29, 0.717) is 5.56 Å². The smallest absolute Gasteiger partial charge is 0.128 e. The van der Waals surface area contributed by atoms with Crippen LogP contribution in [0.2, 0.25) is 0 Å². The molecule has 21 heavy (non-hydrogen) atoms. The zero-order valence-electron chi connectivity index (χ0n) is 13.1. The third kappa shape index (κ3) is 3.50. The van der Waals surface area contributed by atoms with E-state index in [4.69, 9.17) is 0 Å². The molecule has 0 bridgehead atoms. The molecule has 1 atom stereocenters. The predicted molar refractivity (Wildman–Crippen MR) is 83.8 cm³/mol. The topological polar surface area (TPSA) is 29.9 Å². The summed E-state index contributed by atoms with van der Waals surface area (Å²) in [7, 11) is 0. The first kappa shape index (κ1) is 15.7. The van der Waals surface area contributed by atoms with E-state index < -0.39 is 0 Å². The van der Waals surface area contributed by atoms with E-state index in [2.05, 4.69) is 37.3 Å². The number of hydrogen-bond acceptors (Lipinski definition) is 2. The van der Waals surface area contributed by atoms with E-state index in [0.717, 1.165) is 37.3 Å². The first-order valence-corrected chi connectivity index (χ1v) is 7.75. The molecule has 4 heteroatoms. The van der Waals surface area contributed by atoms with Crippen molar-refractivity contribution in [3.63, 3.8) is 0 Å². The second-order valence-corrected chi connectivity index (χ2v) is 5.14. The molecule has 0 spiro atoms. The SMILES string of the molecule is CCCNC(c1ccccc1F)c1cc(CC)nn1CC. The van der Waals surface area contributed by atoms with E-state index in [9.17, 15) is 4.39 Å². The summed E-state index contributed by atoms with van der Waals surface area (Å²) in [5.74, 6) is -0.173. The molecule has 114 valence electrons. The second-order valence-electron chi connectivity index (χ2n) is 5.14. The summed E-state index contributed by atoms with van der Waals surface area (Å²) < 4.78 is 16.2. The maximum atomic E-state index is 14.2. The van der Waals surface area contributed by atoms with Gasteiger partial charge in [-0.3, -0.25) is 4.68 Å². The van der Waals surface area contributed by atoms with Crippen molar-refractivity contribution in [2.75, 3.05) is 6.54 Å². The van der Waals surface area contributed by atoms with E-state index in [1.54, 1.807) is 6.07 Å². The summed E-state index contributed by atoms with van der Waals surface area (Å²) in [5.41, 5.74) is 2.77. The monoisotopic (exact) mass is 289 g/mol. The molecule has 2 rings (SSSR count). The summed E-state index contributed by atoms with van der Waals surface area (Å²) >= 11 is 0. The van der Waals surface area contributed by atoms with Crippen LogP contribution in [0.5, 0.6) is 0 Å². The molecule has 0 aliphatic carbocycles. The fourth-order valence-electron chi connectivity index (χ4n) is 2.52. The normalized spacial score (nSPS) is 12.6. The Bertz CT molecular complexity index is 577. The number of nitrogens with zero attached hydrogens (tertiary/aromatic N) is 2. The summed E-state index contributed by atoms with van der Waals surface area (Å²) in [6, 6.07) is 8.91. The summed E-state index contributed by atoms with van der Waals surface area (Å²) in [6.07, 6.45) is 1.89. The van der Waals surface area contributed by atoms with Crippen molar-refractivity contribution in [1.82, 2.24) is 15.1 Å². The molecule has 1 unspecified atom stereocenters. The van der Waals surface area contributed by atoms with Gasteiger partial charge in [0.2, 0.25) is 0 Å². The number of rotatable bonds is 7. The molecule has 2 aromatic rings. The van der Waals surface area contributed by atoms with Gasteiger partial charge in [0.15, 0.2) is 0 Å². The average Bonchev–Trinajstić information content (AvgIpc) is 2.92. The molecule has 1 aromatic heterocycles. The van der Waals surface area contributed by atoms with Crippen molar-refractivity contribution < 1.29 is 4.39 Å². The summed E-state index contributed by atoms with van der Waals surface area (Å²) in [5, 5.41) is 8.04. The lowest BCUT2D eigenvalue weighted by atomic mass is 10.0. The van der Waals surface area contributed by atoms with Crippen LogP contribution in [0.3, 0.4) is 0 Å². The van der Waals surface area contributed by atoms with Crippen LogP contribution in [0.1, 0.15) is 50.2 Å². The third-order valence-electron chi connectivity index (χ3n) is 3.63. The molecule has 0 aliphatic heterocycles. The van der Waals surface area contributed by atoms with Crippen LogP contribution < -0.4 is 5.32 Å². The second kappa shape index (κ2) is 7.36. The standard InChI is InChI=1S/C17H24FN3/c1-4-11-19-17(14-9-7-8-10-15(14)18)16-12-13(5-2)20-21(16)6-3/h7-10,12,17,19H,4-6,11H2,1-3H3. The van der Waals surface area contributed by atoms with Gasteiger partial charge in [-0.1, -0.05) is 32.0 Å². The zero-order valence-corrected chi connectivity index (χ0v) is 13.1. The number of aryl methyl sites for hydroxylation is 2. The molecule has 1 heterocycles. The molecule has 0 saturated heterocycles. The van der Waals surface area contributed by atoms with Crippen molar-refractivity contribution in [2.45, 2.75) is 46.2 Å². The molecule has 0 radical (unpaired) electrons. The van der Waals surface area contributed by atoms with Crippen molar-refractivity contribution in [3.05, 3.63) is 53.1 Å². The first-order valence-electron chi connectivity index (χ1n) is 7.75. The Kier molecular flexibility index (Phi) is 5.51. The highest BCUT2D eigenvalue weighted by atomic mass is 19.1. The van der Waals surface area contributed by atoms with Crippen molar-refractivity contribution in [3.8, 4) is 0 Å². The van der Waals surface area contributed by atoms with Gasteiger partial charge in [-0.05, 0) is 38.4 Å². The summed E-state index contributed by atoms with van der Waals surface area (Å²) in [4.78, 5) is 0. The third-order valence-corrected chi connectivity index (χ3v) is 3.63. The minimum atomic E-state index is -0.173.